The normalized spacial score (nSPS) is 20.1. The fourth-order valence-corrected chi connectivity index (χ4v) is 3.62. The smallest absolute Gasteiger partial charge is 0.245 e. The molecule has 1 heterocycles. The van der Waals surface area contributed by atoms with E-state index in [9.17, 15) is 4.79 Å². The Kier molecular flexibility index (Phi) is 4.81. The van der Waals surface area contributed by atoms with Gasteiger partial charge in [0.1, 0.15) is 11.9 Å². The molecule has 0 atom stereocenters. The van der Waals surface area contributed by atoms with Crippen LogP contribution in [0.5, 0.6) is 5.75 Å². The van der Waals surface area contributed by atoms with Crippen LogP contribution in [0, 0.1) is 0 Å². The molecule has 2 aliphatic rings. The maximum atomic E-state index is 11.6. The molecule has 1 saturated carbocycles. The lowest BCUT2D eigenvalue weighted by molar-refractivity contribution is -0.127. The maximum absolute atomic E-state index is 11.6. The third kappa shape index (κ3) is 3.52. The minimum atomic E-state index is 0.0293. The van der Waals surface area contributed by atoms with Crippen molar-refractivity contribution in [1.82, 2.24) is 4.90 Å². The van der Waals surface area contributed by atoms with E-state index in [1.54, 1.807) is 0 Å². The number of nitrogens with zero attached hydrogens (tertiary/aromatic N) is 1. The third-order valence-electron chi connectivity index (χ3n) is 4.92. The summed E-state index contributed by atoms with van der Waals surface area (Å²) in [5.41, 5.74) is 1.43. The van der Waals surface area contributed by atoms with Gasteiger partial charge in [-0.05, 0) is 42.5 Å². The molecule has 0 unspecified atom stereocenters. The average molecular weight is 299 g/mol. The number of hydrogen-bond acceptors (Lipinski definition) is 2. The highest BCUT2D eigenvalue weighted by atomic mass is 16.5. The summed E-state index contributed by atoms with van der Waals surface area (Å²) >= 11 is 0. The summed E-state index contributed by atoms with van der Waals surface area (Å²) in [6.45, 7) is 5.07. The van der Waals surface area contributed by atoms with E-state index in [2.05, 4.69) is 30.8 Å². The molecule has 22 heavy (non-hydrogen) atoms. The zero-order valence-corrected chi connectivity index (χ0v) is 13.2. The molecule has 2 fully saturated rings. The van der Waals surface area contributed by atoms with Crippen LogP contribution in [0.25, 0.3) is 0 Å². The molecular formula is C19H25NO2. The molecule has 0 bridgehead atoms. The molecule has 1 aromatic carbocycles. The molecule has 118 valence electrons. The van der Waals surface area contributed by atoms with Crippen LogP contribution in [-0.4, -0.2) is 30.0 Å². The predicted octanol–water partition coefficient (Wildman–Crippen LogP) is 3.90. The van der Waals surface area contributed by atoms with Gasteiger partial charge in [-0.1, -0.05) is 31.6 Å². The van der Waals surface area contributed by atoms with Gasteiger partial charge in [0.25, 0.3) is 0 Å². The Balaban J connectivity index is 1.56. The topological polar surface area (TPSA) is 29.5 Å². The van der Waals surface area contributed by atoms with Crippen LogP contribution in [0.3, 0.4) is 0 Å². The largest absolute Gasteiger partial charge is 0.490 e. The molecule has 0 N–H and O–H groups in total. The Hall–Kier alpha value is -1.77. The molecule has 1 amide bonds. The summed E-state index contributed by atoms with van der Waals surface area (Å²) < 4.78 is 6.15. The number of rotatable bonds is 4. The average Bonchev–Trinajstić information content (AvgIpc) is 3.10. The van der Waals surface area contributed by atoms with Crippen molar-refractivity contribution < 1.29 is 9.53 Å². The van der Waals surface area contributed by atoms with Crippen LogP contribution in [0.2, 0.25) is 0 Å². The number of amides is 1. The van der Waals surface area contributed by atoms with E-state index in [4.69, 9.17) is 4.74 Å². The van der Waals surface area contributed by atoms with Crippen LogP contribution in [0.4, 0.5) is 0 Å². The number of carbonyl (C=O) groups excluding carboxylic acids is 1. The Morgan fingerprint density at radius 3 is 2.59 bits per heavy atom. The van der Waals surface area contributed by atoms with Gasteiger partial charge in [-0.2, -0.15) is 0 Å². The highest BCUT2D eigenvalue weighted by Gasteiger charge is 2.23. The molecule has 0 spiro atoms. The van der Waals surface area contributed by atoms with E-state index >= 15 is 0 Å². The van der Waals surface area contributed by atoms with Crippen molar-refractivity contribution >= 4 is 5.91 Å². The zero-order chi connectivity index (χ0) is 15.4. The summed E-state index contributed by atoms with van der Waals surface area (Å²) in [6.07, 6.45) is 8.73. The van der Waals surface area contributed by atoms with Crippen LogP contribution >= 0.6 is 0 Å². The Bertz CT molecular complexity index is 526. The second kappa shape index (κ2) is 6.99. The molecule has 1 aliphatic carbocycles. The molecular weight excluding hydrogens is 274 g/mol. The fraction of sp³-hybridized carbons (Fsp3) is 0.526. The summed E-state index contributed by atoms with van der Waals surface area (Å²) in [6, 6.07) is 8.62. The van der Waals surface area contributed by atoms with Crippen molar-refractivity contribution in [3.05, 3.63) is 42.5 Å². The van der Waals surface area contributed by atoms with Crippen molar-refractivity contribution in [2.24, 2.45) is 0 Å². The van der Waals surface area contributed by atoms with E-state index in [0.29, 0.717) is 0 Å². The standard InChI is InChI=1S/C19H25NO2/c1-2-19(21)20-12-10-17(11-13-20)22-18-9-5-8-16(14-18)15-6-3-4-7-15/h2,5,8-9,14-15,17H,1,3-4,6-7,10-13H2. The molecule has 1 aliphatic heterocycles. The number of benzene rings is 1. The molecule has 0 radical (unpaired) electrons. The van der Waals surface area contributed by atoms with Gasteiger partial charge in [0.2, 0.25) is 5.91 Å². The van der Waals surface area contributed by atoms with E-state index in [1.807, 2.05) is 4.90 Å². The first kappa shape index (κ1) is 15.1. The zero-order valence-electron chi connectivity index (χ0n) is 13.2. The molecule has 0 aromatic heterocycles. The van der Waals surface area contributed by atoms with Crippen LogP contribution in [-0.2, 0) is 4.79 Å². The van der Waals surface area contributed by atoms with Gasteiger partial charge in [-0.15, -0.1) is 0 Å². The van der Waals surface area contributed by atoms with E-state index in [-0.39, 0.29) is 12.0 Å². The monoisotopic (exact) mass is 299 g/mol. The summed E-state index contributed by atoms with van der Waals surface area (Å²) in [7, 11) is 0. The van der Waals surface area contributed by atoms with Gasteiger partial charge < -0.3 is 9.64 Å². The lowest BCUT2D eigenvalue weighted by atomic mass is 9.97. The summed E-state index contributed by atoms with van der Waals surface area (Å²) in [5.74, 6) is 1.73. The molecule has 3 heteroatoms. The molecule has 3 rings (SSSR count). The quantitative estimate of drug-likeness (QED) is 0.789. The first-order valence-electron chi connectivity index (χ1n) is 8.44. The summed E-state index contributed by atoms with van der Waals surface area (Å²) in [4.78, 5) is 13.4. The van der Waals surface area contributed by atoms with Gasteiger partial charge in [-0.3, -0.25) is 4.79 Å². The highest BCUT2D eigenvalue weighted by molar-refractivity contribution is 5.87. The van der Waals surface area contributed by atoms with E-state index in [0.717, 1.165) is 37.6 Å². The number of hydrogen-bond donors (Lipinski definition) is 0. The van der Waals surface area contributed by atoms with Gasteiger partial charge >= 0.3 is 0 Å². The van der Waals surface area contributed by atoms with Crippen LogP contribution in [0.15, 0.2) is 36.9 Å². The summed E-state index contributed by atoms with van der Waals surface area (Å²) in [5, 5.41) is 0. The Morgan fingerprint density at radius 2 is 1.91 bits per heavy atom. The second-order valence-electron chi connectivity index (χ2n) is 6.40. The van der Waals surface area contributed by atoms with Gasteiger partial charge in [-0.25, -0.2) is 0 Å². The number of carbonyl (C=O) groups is 1. The van der Waals surface area contributed by atoms with Crippen molar-refractivity contribution in [3.63, 3.8) is 0 Å². The van der Waals surface area contributed by atoms with E-state index < -0.39 is 0 Å². The second-order valence-corrected chi connectivity index (χ2v) is 6.40. The maximum Gasteiger partial charge on any atom is 0.245 e. The number of piperidine rings is 1. The van der Waals surface area contributed by atoms with Gasteiger partial charge in [0.15, 0.2) is 0 Å². The van der Waals surface area contributed by atoms with E-state index in [1.165, 1.54) is 37.3 Å². The molecule has 3 nitrogen and oxygen atoms in total. The fourth-order valence-electron chi connectivity index (χ4n) is 3.62. The SMILES string of the molecule is C=CC(=O)N1CCC(Oc2cccc(C3CCCC3)c2)CC1. The minimum Gasteiger partial charge on any atom is -0.490 e. The Morgan fingerprint density at radius 1 is 1.18 bits per heavy atom. The number of likely N-dealkylation sites (tertiary alicyclic amines) is 1. The van der Waals surface area contributed by atoms with Crippen molar-refractivity contribution in [3.8, 4) is 5.75 Å². The van der Waals surface area contributed by atoms with Crippen molar-refractivity contribution in [1.29, 1.82) is 0 Å². The first-order valence-corrected chi connectivity index (χ1v) is 8.44. The lowest BCUT2D eigenvalue weighted by Gasteiger charge is -2.31. The van der Waals surface area contributed by atoms with Gasteiger partial charge in [0.05, 0.1) is 0 Å². The van der Waals surface area contributed by atoms with Crippen molar-refractivity contribution in [2.45, 2.75) is 50.5 Å². The third-order valence-corrected chi connectivity index (χ3v) is 4.92. The van der Waals surface area contributed by atoms with Crippen molar-refractivity contribution in [2.75, 3.05) is 13.1 Å². The highest BCUT2D eigenvalue weighted by Crippen LogP contribution is 2.35. The van der Waals surface area contributed by atoms with Crippen LogP contribution in [0.1, 0.15) is 50.0 Å². The van der Waals surface area contributed by atoms with Crippen LogP contribution < -0.4 is 4.74 Å². The first-order chi connectivity index (χ1) is 10.8. The number of ether oxygens (including phenoxy) is 1. The Labute approximate surface area is 133 Å². The molecule has 1 saturated heterocycles. The van der Waals surface area contributed by atoms with Gasteiger partial charge in [0, 0.05) is 25.9 Å². The molecule has 1 aromatic rings. The predicted molar refractivity (Wildman–Crippen MR) is 88.1 cm³/mol. The minimum absolute atomic E-state index is 0.0293. The lowest BCUT2D eigenvalue weighted by Crippen LogP contribution is -2.41.